The summed E-state index contributed by atoms with van der Waals surface area (Å²) < 4.78 is 1.08. The van der Waals surface area contributed by atoms with E-state index >= 15 is 0 Å². The molecule has 2 aromatic rings. The van der Waals surface area contributed by atoms with Crippen molar-refractivity contribution in [1.29, 1.82) is 0 Å². The molecule has 1 aromatic carbocycles. The SMILES string of the molecule is CNC(C)c1ccc(Sc2ccc(Cl)cn2)c(Br)c1. The lowest BCUT2D eigenvalue weighted by Gasteiger charge is -2.12. The summed E-state index contributed by atoms with van der Waals surface area (Å²) in [6.45, 7) is 2.13. The van der Waals surface area contributed by atoms with Gasteiger partial charge in [0.2, 0.25) is 0 Å². The Hall–Kier alpha value is -0.550. The van der Waals surface area contributed by atoms with Crippen LogP contribution in [0.5, 0.6) is 0 Å². The Morgan fingerprint density at radius 2 is 2.11 bits per heavy atom. The van der Waals surface area contributed by atoms with Gasteiger partial charge in [-0.1, -0.05) is 29.4 Å². The first kappa shape index (κ1) is 14.9. The number of aromatic nitrogens is 1. The summed E-state index contributed by atoms with van der Waals surface area (Å²) in [7, 11) is 1.96. The van der Waals surface area contributed by atoms with Crippen LogP contribution in [0.25, 0.3) is 0 Å². The molecule has 0 amide bonds. The highest BCUT2D eigenvalue weighted by Crippen LogP contribution is 2.34. The Labute approximate surface area is 131 Å². The van der Waals surface area contributed by atoms with Crippen LogP contribution in [0.15, 0.2) is 50.9 Å². The lowest BCUT2D eigenvalue weighted by atomic mass is 10.1. The summed E-state index contributed by atoms with van der Waals surface area (Å²) in [5, 5.41) is 4.81. The van der Waals surface area contributed by atoms with Crippen LogP contribution in [-0.2, 0) is 0 Å². The van der Waals surface area contributed by atoms with Crippen molar-refractivity contribution in [2.45, 2.75) is 22.9 Å². The van der Waals surface area contributed by atoms with E-state index in [9.17, 15) is 0 Å². The Morgan fingerprint density at radius 1 is 1.32 bits per heavy atom. The number of halogens is 2. The van der Waals surface area contributed by atoms with Crippen LogP contribution in [0.1, 0.15) is 18.5 Å². The molecule has 5 heteroatoms. The van der Waals surface area contributed by atoms with Crippen molar-refractivity contribution in [3.05, 3.63) is 51.6 Å². The Balaban J connectivity index is 2.19. The first-order valence-electron chi connectivity index (χ1n) is 5.86. The highest BCUT2D eigenvalue weighted by Gasteiger charge is 2.08. The molecule has 1 atom stereocenters. The van der Waals surface area contributed by atoms with Crippen molar-refractivity contribution in [2.24, 2.45) is 0 Å². The van der Waals surface area contributed by atoms with Gasteiger partial charge in [0.25, 0.3) is 0 Å². The van der Waals surface area contributed by atoms with Crippen LogP contribution >= 0.6 is 39.3 Å². The van der Waals surface area contributed by atoms with Crippen LogP contribution in [0.3, 0.4) is 0 Å². The van der Waals surface area contributed by atoms with E-state index in [0.29, 0.717) is 11.1 Å². The average Bonchev–Trinajstić information content (AvgIpc) is 2.42. The molecule has 0 aliphatic carbocycles. The highest BCUT2D eigenvalue weighted by atomic mass is 79.9. The van der Waals surface area contributed by atoms with E-state index in [1.807, 2.05) is 19.2 Å². The molecule has 1 heterocycles. The smallest absolute Gasteiger partial charge is 0.101 e. The minimum absolute atomic E-state index is 0.337. The number of nitrogens with one attached hydrogen (secondary N) is 1. The Morgan fingerprint density at radius 3 is 2.68 bits per heavy atom. The number of pyridine rings is 1. The van der Waals surface area contributed by atoms with E-state index < -0.39 is 0 Å². The maximum absolute atomic E-state index is 5.83. The molecule has 2 rings (SSSR count). The van der Waals surface area contributed by atoms with Gasteiger partial charge < -0.3 is 5.32 Å². The van der Waals surface area contributed by atoms with Gasteiger partial charge in [0.05, 0.1) is 5.02 Å². The molecular weight excluding hydrogens is 344 g/mol. The zero-order valence-corrected chi connectivity index (χ0v) is 13.8. The van der Waals surface area contributed by atoms with Crippen molar-refractivity contribution in [2.75, 3.05) is 7.05 Å². The molecule has 100 valence electrons. The van der Waals surface area contributed by atoms with E-state index in [0.717, 1.165) is 14.4 Å². The fourth-order valence-electron chi connectivity index (χ4n) is 1.57. The number of hydrogen-bond donors (Lipinski definition) is 1. The van der Waals surface area contributed by atoms with Gasteiger partial charge in [-0.25, -0.2) is 4.98 Å². The molecule has 19 heavy (non-hydrogen) atoms. The van der Waals surface area contributed by atoms with Gasteiger partial charge in [0, 0.05) is 21.6 Å². The molecule has 1 unspecified atom stereocenters. The summed E-state index contributed by atoms with van der Waals surface area (Å²) in [5.74, 6) is 0. The second-order valence-electron chi connectivity index (χ2n) is 4.12. The van der Waals surface area contributed by atoms with E-state index in [1.165, 1.54) is 5.56 Å². The summed E-state index contributed by atoms with van der Waals surface area (Å²) in [6, 6.07) is 10.5. The van der Waals surface area contributed by atoms with Gasteiger partial charge in [-0.2, -0.15) is 0 Å². The number of benzene rings is 1. The standard InChI is InChI=1S/C14H14BrClN2S/c1-9(17-2)10-3-5-13(12(15)7-10)19-14-6-4-11(16)8-18-14/h3-9,17H,1-2H3. The molecule has 0 spiro atoms. The second-order valence-corrected chi connectivity index (χ2v) is 6.47. The molecule has 0 saturated carbocycles. The summed E-state index contributed by atoms with van der Waals surface area (Å²) >= 11 is 11.1. The fraction of sp³-hybridized carbons (Fsp3) is 0.214. The lowest BCUT2D eigenvalue weighted by Crippen LogP contribution is -2.12. The minimum Gasteiger partial charge on any atom is -0.313 e. The largest absolute Gasteiger partial charge is 0.313 e. The summed E-state index contributed by atoms with van der Waals surface area (Å²) in [5.41, 5.74) is 1.25. The normalized spacial score (nSPS) is 12.4. The molecule has 1 N–H and O–H groups in total. The molecule has 0 aliphatic heterocycles. The van der Waals surface area contributed by atoms with Crippen LogP contribution in [0.4, 0.5) is 0 Å². The number of nitrogens with zero attached hydrogens (tertiary/aromatic N) is 1. The van der Waals surface area contributed by atoms with Crippen molar-refractivity contribution >= 4 is 39.3 Å². The van der Waals surface area contributed by atoms with E-state index in [-0.39, 0.29) is 0 Å². The van der Waals surface area contributed by atoms with Gasteiger partial charge in [-0.15, -0.1) is 0 Å². The quantitative estimate of drug-likeness (QED) is 0.840. The number of hydrogen-bond acceptors (Lipinski definition) is 3. The zero-order chi connectivity index (χ0) is 13.8. The van der Waals surface area contributed by atoms with Crippen LogP contribution in [0, 0.1) is 0 Å². The van der Waals surface area contributed by atoms with Crippen molar-refractivity contribution in [3.63, 3.8) is 0 Å². The van der Waals surface area contributed by atoms with Crippen molar-refractivity contribution in [3.8, 4) is 0 Å². The molecule has 2 nitrogen and oxygen atoms in total. The molecule has 0 bridgehead atoms. The molecule has 0 aliphatic rings. The lowest BCUT2D eigenvalue weighted by molar-refractivity contribution is 0.651. The Bertz CT molecular complexity index is 560. The number of rotatable bonds is 4. The monoisotopic (exact) mass is 356 g/mol. The fourth-order valence-corrected chi connectivity index (χ4v) is 3.08. The third kappa shape index (κ3) is 3.96. The molecule has 0 saturated heterocycles. The van der Waals surface area contributed by atoms with Crippen LogP contribution in [0.2, 0.25) is 5.02 Å². The van der Waals surface area contributed by atoms with Gasteiger partial charge >= 0.3 is 0 Å². The van der Waals surface area contributed by atoms with Gasteiger partial charge in [-0.3, -0.25) is 0 Å². The topological polar surface area (TPSA) is 24.9 Å². The maximum Gasteiger partial charge on any atom is 0.101 e. The minimum atomic E-state index is 0.337. The highest BCUT2D eigenvalue weighted by molar-refractivity contribution is 9.10. The third-order valence-electron chi connectivity index (χ3n) is 2.80. The molecule has 0 radical (unpaired) electrons. The predicted molar refractivity (Wildman–Crippen MR) is 85.0 cm³/mol. The third-order valence-corrected chi connectivity index (χ3v) is 4.97. The van der Waals surface area contributed by atoms with Crippen LogP contribution < -0.4 is 5.32 Å². The van der Waals surface area contributed by atoms with Gasteiger partial charge in [0.1, 0.15) is 5.03 Å². The first-order chi connectivity index (χ1) is 9.10. The molecular formula is C14H14BrClN2S. The Kier molecular flexibility index (Phi) is 5.28. The average molecular weight is 358 g/mol. The second kappa shape index (κ2) is 6.75. The zero-order valence-electron chi connectivity index (χ0n) is 10.7. The predicted octanol–water partition coefficient (Wildman–Crippen LogP) is 4.93. The summed E-state index contributed by atoms with van der Waals surface area (Å²) in [4.78, 5) is 5.43. The van der Waals surface area contributed by atoms with E-state index in [1.54, 1.807) is 18.0 Å². The van der Waals surface area contributed by atoms with Crippen molar-refractivity contribution < 1.29 is 0 Å². The maximum atomic E-state index is 5.83. The molecule has 0 fully saturated rings. The van der Waals surface area contributed by atoms with Crippen molar-refractivity contribution in [1.82, 2.24) is 10.3 Å². The van der Waals surface area contributed by atoms with Gasteiger partial charge in [-0.05, 0) is 59.7 Å². The summed E-state index contributed by atoms with van der Waals surface area (Å²) in [6.07, 6.45) is 1.66. The van der Waals surface area contributed by atoms with E-state index in [4.69, 9.17) is 11.6 Å². The van der Waals surface area contributed by atoms with E-state index in [2.05, 4.69) is 51.4 Å². The first-order valence-corrected chi connectivity index (χ1v) is 7.85. The molecule has 1 aromatic heterocycles. The van der Waals surface area contributed by atoms with Crippen LogP contribution in [-0.4, -0.2) is 12.0 Å². The van der Waals surface area contributed by atoms with Gasteiger partial charge in [0.15, 0.2) is 0 Å².